The number of benzene rings is 2. The number of carbonyl (C=O) groups is 1. The van der Waals surface area contributed by atoms with Crippen molar-refractivity contribution in [2.24, 2.45) is 15.2 Å². The largest absolute Gasteiger partial charge is 0.489 e. The molecular weight excluding hydrogens is 408 g/mol. The molecule has 0 bridgehead atoms. The Kier molecular flexibility index (Phi) is 4.76. The minimum Gasteiger partial charge on any atom is -0.489 e. The second kappa shape index (κ2) is 7.60. The monoisotopic (exact) mass is 427 g/mol. The van der Waals surface area contributed by atoms with Gasteiger partial charge in [-0.3, -0.25) is 4.79 Å². The van der Waals surface area contributed by atoms with Gasteiger partial charge in [0, 0.05) is 30.7 Å². The summed E-state index contributed by atoms with van der Waals surface area (Å²) in [6.45, 7) is 2.11. The highest BCUT2D eigenvalue weighted by Gasteiger charge is 2.31. The third-order valence-corrected chi connectivity index (χ3v) is 5.32. The lowest BCUT2D eigenvalue weighted by atomic mass is 10.0. The van der Waals surface area contributed by atoms with E-state index >= 15 is 0 Å². The maximum absolute atomic E-state index is 14.9. The van der Waals surface area contributed by atoms with E-state index in [1.807, 2.05) is 11.8 Å². The Morgan fingerprint density at radius 3 is 2.87 bits per heavy atom. The predicted molar refractivity (Wildman–Crippen MR) is 109 cm³/mol. The molecule has 0 saturated carbocycles. The topological polar surface area (TPSA) is 87.9 Å². The molecule has 1 N–H and O–H groups in total. The molecule has 3 heterocycles. The van der Waals surface area contributed by atoms with Crippen LogP contribution in [0.25, 0.3) is 0 Å². The van der Waals surface area contributed by atoms with Crippen LogP contribution in [-0.4, -0.2) is 37.2 Å². The SMILES string of the molecule is CC1N=NC(C[C@@H]2COc3cc(F)ccc3N2Cc2cc3c(cc2F)OCC(=O)N3)=N1. The molecule has 5 rings (SSSR count). The smallest absolute Gasteiger partial charge is 0.262 e. The second-order valence-electron chi connectivity index (χ2n) is 7.58. The molecule has 31 heavy (non-hydrogen) atoms. The van der Waals surface area contributed by atoms with Crippen LogP contribution in [0.3, 0.4) is 0 Å². The van der Waals surface area contributed by atoms with E-state index in [1.54, 1.807) is 12.1 Å². The van der Waals surface area contributed by atoms with Gasteiger partial charge in [0.2, 0.25) is 0 Å². The molecule has 0 aromatic heterocycles. The number of ether oxygens (including phenoxy) is 2. The first-order valence-electron chi connectivity index (χ1n) is 9.88. The van der Waals surface area contributed by atoms with Gasteiger partial charge in [-0.05, 0) is 25.1 Å². The first kappa shape index (κ1) is 19.4. The number of anilines is 2. The van der Waals surface area contributed by atoms with Crippen LogP contribution >= 0.6 is 0 Å². The molecule has 0 spiro atoms. The van der Waals surface area contributed by atoms with Crippen molar-refractivity contribution < 1.29 is 23.0 Å². The van der Waals surface area contributed by atoms with Crippen LogP contribution < -0.4 is 19.7 Å². The Morgan fingerprint density at radius 1 is 1.19 bits per heavy atom. The van der Waals surface area contributed by atoms with Gasteiger partial charge in [-0.2, -0.15) is 5.11 Å². The molecule has 160 valence electrons. The number of hydrogen-bond donors (Lipinski definition) is 1. The number of aliphatic imine (C=N–C) groups is 1. The summed E-state index contributed by atoms with van der Waals surface area (Å²) in [6.07, 6.45) is 0.216. The molecular formula is C21H19F2N5O3. The van der Waals surface area contributed by atoms with E-state index in [4.69, 9.17) is 9.47 Å². The number of fused-ring (bicyclic) bond motifs is 2. The Balaban J connectivity index is 1.49. The third-order valence-electron chi connectivity index (χ3n) is 5.32. The minimum absolute atomic E-state index is 0.147. The van der Waals surface area contributed by atoms with E-state index in [-0.39, 0.29) is 43.6 Å². The normalized spacial score (nSPS) is 21.6. The summed E-state index contributed by atoms with van der Waals surface area (Å²) in [5, 5.41) is 10.8. The van der Waals surface area contributed by atoms with Crippen LogP contribution in [0.4, 0.5) is 20.2 Å². The quantitative estimate of drug-likeness (QED) is 0.807. The van der Waals surface area contributed by atoms with E-state index < -0.39 is 11.6 Å². The number of halogens is 2. The van der Waals surface area contributed by atoms with Crippen molar-refractivity contribution in [1.82, 2.24) is 0 Å². The maximum atomic E-state index is 14.9. The van der Waals surface area contributed by atoms with E-state index in [1.165, 1.54) is 18.2 Å². The summed E-state index contributed by atoms with van der Waals surface area (Å²) in [5.41, 5.74) is 1.41. The van der Waals surface area contributed by atoms with Crippen molar-refractivity contribution >= 4 is 23.1 Å². The van der Waals surface area contributed by atoms with E-state index in [9.17, 15) is 13.6 Å². The molecule has 0 saturated heterocycles. The molecule has 2 aromatic carbocycles. The fraction of sp³-hybridized carbons (Fsp3) is 0.333. The number of hydrogen-bond acceptors (Lipinski definition) is 7. The molecule has 8 nitrogen and oxygen atoms in total. The van der Waals surface area contributed by atoms with Gasteiger partial charge in [-0.1, -0.05) is 0 Å². The predicted octanol–water partition coefficient (Wildman–Crippen LogP) is 3.66. The van der Waals surface area contributed by atoms with E-state index in [2.05, 4.69) is 20.5 Å². The van der Waals surface area contributed by atoms with Crippen LogP contribution in [0, 0.1) is 11.6 Å². The fourth-order valence-electron chi connectivity index (χ4n) is 3.87. The summed E-state index contributed by atoms with van der Waals surface area (Å²) in [6, 6.07) is 6.86. The number of nitrogens with zero attached hydrogens (tertiary/aromatic N) is 4. The summed E-state index contributed by atoms with van der Waals surface area (Å²) >= 11 is 0. The van der Waals surface area contributed by atoms with Crippen LogP contribution in [-0.2, 0) is 11.3 Å². The van der Waals surface area contributed by atoms with Crippen LogP contribution in [0.1, 0.15) is 18.9 Å². The molecule has 10 heteroatoms. The maximum Gasteiger partial charge on any atom is 0.262 e. The Morgan fingerprint density at radius 2 is 2.06 bits per heavy atom. The molecule has 2 atom stereocenters. The van der Waals surface area contributed by atoms with Gasteiger partial charge in [-0.25, -0.2) is 13.8 Å². The highest BCUT2D eigenvalue weighted by molar-refractivity contribution is 5.95. The number of amides is 1. The van der Waals surface area contributed by atoms with Gasteiger partial charge >= 0.3 is 0 Å². The van der Waals surface area contributed by atoms with Crippen molar-refractivity contribution in [2.75, 3.05) is 23.4 Å². The van der Waals surface area contributed by atoms with Gasteiger partial charge in [0.1, 0.15) is 35.6 Å². The molecule has 0 fully saturated rings. The Bertz CT molecular complexity index is 1120. The van der Waals surface area contributed by atoms with Crippen LogP contribution in [0.5, 0.6) is 11.5 Å². The number of amidine groups is 1. The van der Waals surface area contributed by atoms with Gasteiger partial charge in [-0.15, -0.1) is 5.11 Å². The first-order valence-corrected chi connectivity index (χ1v) is 9.88. The summed E-state index contributed by atoms with van der Waals surface area (Å²) in [5.74, 6) is 0.0818. The summed E-state index contributed by atoms with van der Waals surface area (Å²) < 4.78 is 39.7. The standard InChI is InChI=1S/C21H19F2N5O3/c1-11-24-20(27-26-11)6-14-9-30-19-5-13(22)2-3-17(19)28(14)8-12-4-16-18(7-15(12)23)31-10-21(29)25-16/h2-5,7,11,14H,6,8-10H2,1H3,(H,25,29)/t11?,14-/m1/s1. The number of nitrogens with one attached hydrogen (secondary N) is 1. The highest BCUT2D eigenvalue weighted by Crippen LogP contribution is 2.38. The molecule has 0 aliphatic carbocycles. The number of carbonyl (C=O) groups excluding carboxylic acids is 1. The molecule has 2 aromatic rings. The van der Waals surface area contributed by atoms with Gasteiger partial charge < -0.3 is 19.7 Å². The number of azo groups is 1. The Labute approximate surface area is 176 Å². The zero-order chi connectivity index (χ0) is 21.5. The zero-order valence-corrected chi connectivity index (χ0v) is 16.6. The molecule has 1 amide bonds. The molecule has 0 radical (unpaired) electrons. The highest BCUT2D eigenvalue weighted by atomic mass is 19.1. The van der Waals surface area contributed by atoms with E-state index in [0.29, 0.717) is 34.9 Å². The Hall–Kier alpha value is -3.56. The molecule has 3 aliphatic rings. The van der Waals surface area contributed by atoms with Crippen molar-refractivity contribution in [1.29, 1.82) is 0 Å². The molecule has 1 unspecified atom stereocenters. The van der Waals surface area contributed by atoms with Crippen LogP contribution in [0.2, 0.25) is 0 Å². The lowest BCUT2D eigenvalue weighted by Gasteiger charge is -2.38. The molecule has 3 aliphatic heterocycles. The number of rotatable bonds is 4. The van der Waals surface area contributed by atoms with Gasteiger partial charge in [0.05, 0.1) is 17.4 Å². The van der Waals surface area contributed by atoms with Crippen molar-refractivity contribution in [3.05, 3.63) is 47.5 Å². The van der Waals surface area contributed by atoms with Crippen molar-refractivity contribution in [2.45, 2.75) is 32.1 Å². The zero-order valence-electron chi connectivity index (χ0n) is 16.6. The average Bonchev–Trinajstić information content (AvgIpc) is 3.15. The van der Waals surface area contributed by atoms with Crippen LogP contribution in [0.15, 0.2) is 45.6 Å². The van der Waals surface area contributed by atoms with Gasteiger partial charge in [0.25, 0.3) is 5.91 Å². The summed E-state index contributed by atoms with van der Waals surface area (Å²) in [4.78, 5) is 18.0. The second-order valence-corrected chi connectivity index (χ2v) is 7.58. The average molecular weight is 427 g/mol. The van der Waals surface area contributed by atoms with Crippen molar-refractivity contribution in [3.63, 3.8) is 0 Å². The third kappa shape index (κ3) is 3.80. The lowest BCUT2D eigenvalue weighted by Crippen LogP contribution is -2.44. The van der Waals surface area contributed by atoms with E-state index in [0.717, 1.165) is 0 Å². The summed E-state index contributed by atoms with van der Waals surface area (Å²) in [7, 11) is 0. The minimum atomic E-state index is -0.463. The fourth-order valence-corrected chi connectivity index (χ4v) is 3.87. The lowest BCUT2D eigenvalue weighted by molar-refractivity contribution is -0.118. The van der Waals surface area contributed by atoms with Gasteiger partial charge in [0.15, 0.2) is 12.8 Å². The first-order chi connectivity index (χ1) is 15.0. The van der Waals surface area contributed by atoms with Crippen molar-refractivity contribution in [3.8, 4) is 11.5 Å².